The van der Waals surface area contributed by atoms with Crippen LogP contribution in [0.25, 0.3) is 0 Å². The van der Waals surface area contributed by atoms with Crippen molar-refractivity contribution < 1.29 is 9.59 Å². The van der Waals surface area contributed by atoms with Crippen LogP contribution < -0.4 is 5.32 Å². The van der Waals surface area contributed by atoms with Crippen LogP contribution in [0.1, 0.15) is 42.5 Å². The van der Waals surface area contributed by atoms with Crippen LogP contribution in [0.15, 0.2) is 18.5 Å². The molecule has 1 aliphatic heterocycles. The fourth-order valence-electron chi connectivity index (χ4n) is 4.12. The first-order chi connectivity index (χ1) is 12.7. The van der Waals surface area contributed by atoms with Crippen LogP contribution >= 0.6 is 11.8 Å². The fourth-order valence-corrected chi connectivity index (χ4v) is 5.06. The number of H-pyrrole nitrogens is 1. The third-order valence-corrected chi connectivity index (χ3v) is 7.09. The number of carbonyl (C=O) groups excluding carboxylic acids is 2. The van der Waals surface area contributed by atoms with Gasteiger partial charge in [0.2, 0.25) is 5.91 Å². The van der Waals surface area contributed by atoms with E-state index in [9.17, 15) is 9.59 Å². The number of nitrogens with one attached hydrogen (secondary N) is 2. The van der Waals surface area contributed by atoms with Gasteiger partial charge in [0.15, 0.2) is 0 Å². The van der Waals surface area contributed by atoms with Gasteiger partial charge < -0.3 is 15.2 Å². The number of aromatic nitrogens is 1. The van der Waals surface area contributed by atoms with Crippen molar-refractivity contribution in [3.63, 3.8) is 0 Å². The molecule has 1 aromatic heterocycles. The molecule has 4 rings (SSSR count). The molecule has 0 aromatic carbocycles. The van der Waals surface area contributed by atoms with Gasteiger partial charge in [-0.05, 0) is 38.2 Å². The van der Waals surface area contributed by atoms with Gasteiger partial charge in [0.05, 0.1) is 11.3 Å². The maximum Gasteiger partial charge on any atom is 0.255 e. The van der Waals surface area contributed by atoms with E-state index in [4.69, 9.17) is 0 Å². The summed E-state index contributed by atoms with van der Waals surface area (Å²) in [6, 6.07) is 2.53. The Morgan fingerprint density at radius 3 is 2.65 bits per heavy atom. The molecule has 2 amide bonds. The summed E-state index contributed by atoms with van der Waals surface area (Å²) in [7, 11) is 0. The van der Waals surface area contributed by atoms with Gasteiger partial charge in [-0.25, -0.2) is 0 Å². The van der Waals surface area contributed by atoms with Crippen LogP contribution in [0.5, 0.6) is 0 Å². The van der Waals surface area contributed by atoms with Gasteiger partial charge >= 0.3 is 0 Å². The van der Waals surface area contributed by atoms with Crippen molar-refractivity contribution in [3.8, 4) is 0 Å². The minimum atomic E-state index is 0.110. The van der Waals surface area contributed by atoms with Gasteiger partial charge in [-0.2, -0.15) is 0 Å². The Morgan fingerprint density at radius 2 is 1.96 bits per heavy atom. The van der Waals surface area contributed by atoms with E-state index in [1.54, 1.807) is 24.2 Å². The highest BCUT2D eigenvalue weighted by Gasteiger charge is 2.35. The predicted molar refractivity (Wildman–Crippen MR) is 103 cm³/mol. The Hall–Kier alpha value is -1.47. The Morgan fingerprint density at radius 1 is 1.15 bits per heavy atom. The second-order valence-electron chi connectivity index (χ2n) is 7.61. The Bertz CT molecular complexity index is 623. The average molecular weight is 377 g/mol. The molecule has 2 saturated carbocycles. The van der Waals surface area contributed by atoms with Crippen molar-refractivity contribution in [2.24, 2.45) is 0 Å². The van der Waals surface area contributed by atoms with E-state index in [2.05, 4.69) is 15.2 Å². The van der Waals surface area contributed by atoms with Crippen molar-refractivity contribution in [2.75, 3.05) is 31.9 Å². The van der Waals surface area contributed by atoms with Crippen molar-refractivity contribution in [2.45, 2.75) is 49.4 Å². The second kappa shape index (κ2) is 8.05. The third-order valence-electron chi connectivity index (χ3n) is 5.72. The number of nitrogens with zero attached hydrogens (tertiary/aromatic N) is 2. The van der Waals surface area contributed by atoms with Gasteiger partial charge in [-0.3, -0.25) is 14.5 Å². The highest BCUT2D eigenvalue weighted by Crippen LogP contribution is 2.34. The van der Waals surface area contributed by atoms with E-state index in [1.165, 1.54) is 19.3 Å². The molecule has 142 valence electrons. The van der Waals surface area contributed by atoms with Crippen LogP contribution in [0.4, 0.5) is 0 Å². The molecule has 2 heterocycles. The molecule has 2 N–H and O–H groups in total. The molecular weight excluding hydrogens is 348 g/mol. The summed E-state index contributed by atoms with van der Waals surface area (Å²) in [4.78, 5) is 32.1. The third kappa shape index (κ3) is 4.26. The van der Waals surface area contributed by atoms with Crippen molar-refractivity contribution in [3.05, 3.63) is 24.0 Å². The van der Waals surface area contributed by atoms with Crippen molar-refractivity contribution in [1.82, 2.24) is 20.1 Å². The predicted octanol–water partition coefficient (Wildman–Crippen LogP) is 1.71. The number of thioether (sulfide) groups is 1. The first-order valence-corrected chi connectivity index (χ1v) is 10.8. The number of hydrogen-bond donors (Lipinski definition) is 2. The van der Waals surface area contributed by atoms with E-state index in [-0.39, 0.29) is 17.9 Å². The summed E-state index contributed by atoms with van der Waals surface area (Å²) in [5, 5.41) is 4.01. The van der Waals surface area contributed by atoms with Crippen LogP contribution in [0.2, 0.25) is 0 Å². The molecule has 3 fully saturated rings. The zero-order valence-electron chi connectivity index (χ0n) is 15.2. The monoisotopic (exact) mass is 376 g/mol. The van der Waals surface area contributed by atoms with Crippen LogP contribution in [0, 0.1) is 0 Å². The molecule has 0 radical (unpaired) electrons. The quantitative estimate of drug-likeness (QED) is 0.793. The number of rotatable bonds is 6. The highest BCUT2D eigenvalue weighted by molar-refractivity contribution is 8.00. The van der Waals surface area contributed by atoms with Crippen LogP contribution in [-0.2, 0) is 4.79 Å². The summed E-state index contributed by atoms with van der Waals surface area (Å²) >= 11 is 1.80. The molecular formula is C19H28N4O2S. The van der Waals surface area contributed by atoms with E-state index < -0.39 is 0 Å². The van der Waals surface area contributed by atoms with E-state index in [1.807, 2.05) is 11.0 Å². The maximum absolute atomic E-state index is 12.5. The lowest BCUT2D eigenvalue weighted by molar-refractivity contribution is -0.119. The van der Waals surface area contributed by atoms with E-state index in [0.29, 0.717) is 11.8 Å². The SMILES string of the molecule is O=C(CSC1CC1)N[C@@H]1CCC[C@@H]1N1CCN(C(=O)c2cc[nH]c2)CC1. The lowest BCUT2D eigenvalue weighted by Gasteiger charge is -2.40. The minimum Gasteiger partial charge on any atom is -0.367 e. The highest BCUT2D eigenvalue weighted by atomic mass is 32.2. The van der Waals surface area contributed by atoms with Gasteiger partial charge in [-0.1, -0.05) is 0 Å². The van der Waals surface area contributed by atoms with E-state index >= 15 is 0 Å². The summed E-state index contributed by atoms with van der Waals surface area (Å²) < 4.78 is 0. The van der Waals surface area contributed by atoms with Gasteiger partial charge in [-0.15, -0.1) is 11.8 Å². The number of hydrogen-bond acceptors (Lipinski definition) is 4. The first kappa shape index (κ1) is 17.9. The van der Waals surface area contributed by atoms with E-state index in [0.717, 1.165) is 49.8 Å². The van der Waals surface area contributed by atoms with Gasteiger partial charge in [0.1, 0.15) is 0 Å². The van der Waals surface area contributed by atoms with Crippen LogP contribution in [-0.4, -0.2) is 75.9 Å². The number of amides is 2. The molecule has 6 nitrogen and oxygen atoms in total. The standard InChI is InChI=1S/C19H28N4O2S/c24-18(13-26-15-4-5-15)21-16-2-1-3-17(16)22-8-10-23(11-9-22)19(25)14-6-7-20-12-14/h6-7,12,15-17,20H,1-5,8-11,13H2,(H,21,24)/t16-,17+/m1/s1. The Balaban J connectivity index is 1.26. The molecule has 1 aromatic rings. The zero-order chi connectivity index (χ0) is 17.9. The lowest BCUT2D eigenvalue weighted by Crippen LogP contribution is -2.56. The second-order valence-corrected chi connectivity index (χ2v) is 8.90. The topological polar surface area (TPSA) is 68.4 Å². The molecule has 7 heteroatoms. The average Bonchev–Trinajstić information content (AvgIpc) is 3.13. The molecule has 2 aliphatic carbocycles. The summed E-state index contributed by atoms with van der Waals surface area (Å²) in [5.74, 6) is 0.909. The fraction of sp³-hybridized carbons (Fsp3) is 0.684. The van der Waals surface area contributed by atoms with Crippen molar-refractivity contribution >= 4 is 23.6 Å². The molecule has 0 unspecified atom stereocenters. The number of carbonyl (C=O) groups is 2. The number of aromatic amines is 1. The molecule has 1 saturated heterocycles. The van der Waals surface area contributed by atoms with Crippen LogP contribution in [0.3, 0.4) is 0 Å². The first-order valence-electron chi connectivity index (χ1n) is 9.78. The van der Waals surface area contributed by atoms with Gasteiger partial charge in [0, 0.05) is 55.9 Å². The summed E-state index contributed by atoms with van der Waals surface area (Å²) in [5.41, 5.74) is 0.734. The molecule has 2 atom stereocenters. The molecule has 0 bridgehead atoms. The maximum atomic E-state index is 12.5. The number of piperazine rings is 1. The molecule has 0 spiro atoms. The molecule has 26 heavy (non-hydrogen) atoms. The minimum absolute atomic E-state index is 0.110. The van der Waals surface area contributed by atoms with Crippen molar-refractivity contribution in [1.29, 1.82) is 0 Å². The largest absolute Gasteiger partial charge is 0.367 e. The zero-order valence-corrected chi connectivity index (χ0v) is 16.0. The molecule has 3 aliphatic rings. The smallest absolute Gasteiger partial charge is 0.255 e. The Kier molecular flexibility index (Phi) is 5.55. The lowest BCUT2D eigenvalue weighted by atomic mass is 10.1. The normalized spacial score (nSPS) is 26.8. The summed E-state index contributed by atoms with van der Waals surface area (Å²) in [6.45, 7) is 3.31. The Labute approximate surface area is 159 Å². The summed E-state index contributed by atoms with van der Waals surface area (Å²) in [6.07, 6.45) is 9.49. The van der Waals surface area contributed by atoms with Gasteiger partial charge in [0.25, 0.3) is 5.91 Å².